The number of esters is 4. The molecule has 33 heavy (non-hydrogen) atoms. The van der Waals surface area contributed by atoms with E-state index in [1.165, 1.54) is 18.2 Å². The van der Waals surface area contributed by atoms with Gasteiger partial charge in [-0.1, -0.05) is 17.7 Å². The van der Waals surface area contributed by atoms with Crippen LogP contribution in [0.25, 0.3) is 0 Å². The summed E-state index contributed by atoms with van der Waals surface area (Å²) < 4.78 is 61.1. The molecule has 11 nitrogen and oxygen atoms in total. The third kappa shape index (κ3) is 7.58. The number of benzene rings is 1. The number of carbonyl (C=O) groups excluding carboxylic acids is 4. The van der Waals surface area contributed by atoms with Crippen LogP contribution in [0.15, 0.2) is 18.2 Å². The highest BCUT2D eigenvalue weighted by Gasteiger charge is 2.53. The summed E-state index contributed by atoms with van der Waals surface area (Å²) in [4.78, 5) is 47.8. The maximum absolute atomic E-state index is 12.1. The molecule has 1 aliphatic heterocycles. The lowest BCUT2D eigenvalue weighted by Crippen LogP contribution is -2.63. The third-order valence-electron chi connectivity index (χ3n) is 4.22. The van der Waals surface area contributed by atoms with Gasteiger partial charge in [0.2, 0.25) is 12.4 Å². The zero-order valence-electron chi connectivity index (χ0n) is 21.3. The molecule has 182 valence electrons. The van der Waals surface area contributed by atoms with Crippen LogP contribution in [0.5, 0.6) is 5.75 Å². The Morgan fingerprint density at radius 2 is 1.58 bits per heavy atom. The van der Waals surface area contributed by atoms with E-state index in [9.17, 15) is 24.3 Å². The van der Waals surface area contributed by atoms with Crippen molar-refractivity contribution in [2.75, 3.05) is 6.61 Å². The van der Waals surface area contributed by atoms with Gasteiger partial charge in [0.25, 0.3) is 0 Å². The van der Waals surface area contributed by atoms with Gasteiger partial charge >= 0.3 is 23.9 Å². The first-order valence-corrected chi connectivity index (χ1v) is 9.67. The van der Waals surface area contributed by atoms with Gasteiger partial charge in [0.1, 0.15) is 18.5 Å². The van der Waals surface area contributed by atoms with E-state index in [1.807, 2.05) is 0 Å². The molecule has 2 rings (SSSR count). The highest BCUT2D eigenvalue weighted by molar-refractivity contribution is 6.32. The van der Waals surface area contributed by atoms with Crippen LogP contribution in [0.3, 0.4) is 0 Å². The Bertz CT molecular complexity index is 966. The normalized spacial score (nSPS) is 25.9. The Labute approximate surface area is 200 Å². The second-order valence-corrected chi connectivity index (χ2v) is 7.04. The predicted molar refractivity (Wildman–Crippen MR) is 110 cm³/mol. The highest BCUT2D eigenvalue weighted by atomic mass is 35.5. The van der Waals surface area contributed by atoms with Crippen molar-refractivity contribution in [3.8, 4) is 5.75 Å². The summed E-state index contributed by atoms with van der Waals surface area (Å²) in [6, 6.07) is 4.22. The number of hydrogen-bond acceptors (Lipinski definition) is 11. The maximum Gasteiger partial charge on any atom is 0.303 e. The van der Waals surface area contributed by atoms with Crippen LogP contribution in [-0.2, 0) is 49.5 Å². The number of halogens is 1. The Morgan fingerprint density at radius 1 is 0.970 bits per heavy atom. The molecule has 0 aliphatic carbocycles. The van der Waals surface area contributed by atoms with Gasteiger partial charge < -0.3 is 33.5 Å². The van der Waals surface area contributed by atoms with Crippen LogP contribution < -0.4 is 4.74 Å². The van der Waals surface area contributed by atoms with Crippen LogP contribution in [-0.4, -0.2) is 66.3 Å². The first kappa shape index (κ1) is 20.7. The summed E-state index contributed by atoms with van der Waals surface area (Å²) >= 11 is 6.21. The third-order valence-corrected chi connectivity index (χ3v) is 4.52. The Kier molecular flexibility index (Phi) is 7.41. The SMILES string of the molecule is [2H]CC(=O)OC[C@H]1OC(Oc2ccc(CO)cc2Cl)[C@H](OC(=O)C[2H])[C@@H](OC(=O)C[2H])[C@H]1OC(=O)C[2H]. The molecule has 0 bridgehead atoms. The monoisotopic (exact) mass is 492 g/mol. The van der Waals surface area contributed by atoms with Crippen LogP contribution in [0, 0.1) is 0 Å². The van der Waals surface area contributed by atoms with E-state index in [0.717, 1.165) is 0 Å². The van der Waals surface area contributed by atoms with Crippen LogP contribution in [0.2, 0.25) is 5.02 Å². The summed E-state index contributed by atoms with van der Waals surface area (Å²) in [7, 11) is 0. The molecule has 1 aromatic rings. The standard InChI is InChI=1S/C21H25ClO11/c1-10(24)28-9-17-18(29-11(2)25)19(30-12(3)26)20(31-13(4)27)21(33-17)32-16-6-5-14(8-23)7-15(16)22/h5-7,17-21,23H,8-9H2,1-4H3/t17-,18+,19+,20-,21?/m1/s1/i1D,2D,3D,4D. The largest absolute Gasteiger partial charge is 0.463 e. The molecule has 1 N–H and O–H groups in total. The van der Waals surface area contributed by atoms with E-state index in [2.05, 4.69) is 0 Å². The number of aliphatic hydroxyl groups is 1. The van der Waals surface area contributed by atoms with Crippen molar-refractivity contribution in [2.45, 2.75) is 64.9 Å². The fourth-order valence-corrected chi connectivity index (χ4v) is 3.25. The minimum absolute atomic E-state index is 0.0142. The van der Waals surface area contributed by atoms with Gasteiger partial charge in [-0.25, -0.2) is 0 Å². The first-order valence-electron chi connectivity index (χ1n) is 12.1. The van der Waals surface area contributed by atoms with E-state index in [0.29, 0.717) is 5.56 Å². The minimum Gasteiger partial charge on any atom is -0.463 e. The Hall–Kier alpha value is -2.89. The highest BCUT2D eigenvalue weighted by Crippen LogP contribution is 2.33. The summed E-state index contributed by atoms with van der Waals surface area (Å²) in [5.74, 6) is -4.29. The lowest BCUT2D eigenvalue weighted by molar-refractivity contribution is -0.288. The molecule has 1 heterocycles. The fraction of sp³-hybridized carbons (Fsp3) is 0.524. The van der Waals surface area contributed by atoms with Crippen molar-refractivity contribution >= 4 is 35.5 Å². The predicted octanol–water partition coefficient (Wildman–Crippen LogP) is 1.29. The molecular weight excluding hydrogens is 464 g/mol. The van der Waals surface area contributed by atoms with E-state index < -0.39 is 88.8 Å². The molecule has 1 aliphatic rings. The molecule has 0 saturated carbocycles. The average molecular weight is 493 g/mol. The van der Waals surface area contributed by atoms with Crippen molar-refractivity contribution in [1.82, 2.24) is 0 Å². The zero-order chi connectivity index (χ0) is 27.5. The molecule has 1 fully saturated rings. The van der Waals surface area contributed by atoms with Gasteiger partial charge in [0.15, 0.2) is 12.2 Å². The second-order valence-electron chi connectivity index (χ2n) is 6.63. The Balaban J connectivity index is 2.53. The number of ether oxygens (including phenoxy) is 6. The van der Waals surface area contributed by atoms with E-state index in [-0.39, 0.29) is 17.4 Å². The molecule has 1 aromatic carbocycles. The number of rotatable bonds is 8. The minimum atomic E-state index is -1.68. The van der Waals surface area contributed by atoms with Crippen molar-refractivity contribution in [3.05, 3.63) is 28.8 Å². The number of carbonyl (C=O) groups is 4. The van der Waals surface area contributed by atoms with E-state index >= 15 is 0 Å². The maximum atomic E-state index is 12.1. The van der Waals surface area contributed by atoms with Crippen molar-refractivity contribution < 1.29 is 58.2 Å². The molecule has 12 heteroatoms. The van der Waals surface area contributed by atoms with Crippen molar-refractivity contribution in [3.63, 3.8) is 0 Å². The molecule has 0 spiro atoms. The summed E-state index contributed by atoms with van der Waals surface area (Å²) in [6.45, 7) is -4.25. The lowest BCUT2D eigenvalue weighted by atomic mass is 9.98. The van der Waals surface area contributed by atoms with E-state index in [4.69, 9.17) is 45.5 Å². The quantitative estimate of drug-likeness (QED) is 0.414. The summed E-state index contributed by atoms with van der Waals surface area (Å²) in [5.41, 5.74) is 0.448. The van der Waals surface area contributed by atoms with Gasteiger partial charge in [-0.2, -0.15) is 0 Å². The molecule has 1 saturated heterocycles. The fourth-order valence-electron chi connectivity index (χ4n) is 3.00. The second kappa shape index (κ2) is 11.8. The molecular formula is C21H25ClO11. The number of hydrogen-bond donors (Lipinski definition) is 1. The smallest absolute Gasteiger partial charge is 0.303 e. The molecule has 0 radical (unpaired) electrons. The van der Waals surface area contributed by atoms with Gasteiger partial charge in [0.05, 0.1) is 11.6 Å². The van der Waals surface area contributed by atoms with Gasteiger partial charge in [-0.05, 0) is 17.7 Å². The average Bonchev–Trinajstić information content (AvgIpc) is 2.90. The molecule has 0 aromatic heterocycles. The van der Waals surface area contributed by atoms with Gasteiger partial charge in [-0.3, -0.25) is 19.2 Å². The van der Waals surface area contributed by atoms with Crippen molar-refractivity contribution in [2.24, 2.45) is 0 Å². The Morgan fingerprint density at radius 3 is 2.15 bits per heavy atom. The first-order chi connectivity index (χ1) is 17.7. The zero-order valence-corrected chi connectivity index (χ0v) is 18.0. The van der Waals surface area contributed by atoms with Crippen LogP contribution >= 0.6 is 11.6 Å². The topological polar surface area (TPSA) is 144 Å². The number of aliphatic hydroxyl groups excluding tert-OH is 1. The van der Waals surface area contributed by atoms with Gasteiger partial charge in [0, 0.05) is 33.1 Å². The molecule has 1 unspecified atom stereocenters. The summed E-state index contributed by atoms with van der Waals surface area (Å²) in [6.07, 6.45) is -8.02. The molecule has 5 atom stereocenters. The lowest BCUT2D eigenvalue weighted by Gasteiger charge is -2.44. The van der Waals surface area contributed by atoms with Gasteiger partial charge in [-0.15, -0.1) is 0 Å². The van der Waals surface area contributed by atoms with Crippen LogP contribution in [0.4, 0.5) is 0 Å². The van der Waals surface area contributed by atoms with Crippen LogP contribution in [0.1, 0.15) is 38.6 Å². The van der Waals surface area contributed by atoms with Crippen molar-refractivity contribution in [1.29, 1.82) is 0 Å². The molecule has 0 amide bonds. The van der Waals surface area contributed by atoms with E-state index in [1.54, 1.807) is 0 Å². The summed E-state index contributed by atoms with van der Waals surface area (Å²) in [5, 5.41) is 9.31.